The summed E-state index contributed by atoms with van der Waals surface area (Å²) in [7, 11) is 0. The van der Waals surface area contributed by atoms with Crippen molar-refractivity contribution < 1.29 is 9.53 Å². The molecule has 0 atom stereocenters. The molecule has 2 rings (SSSR count). The highest BCUT2D eigenvalue weighted by Gasteiger charge is 2.26. The van der Waals surface area contributed by atoms with E-state index < -0.39 is 5.60 Å². The second kappa shape index (κ2) is 5.85. The predicted molar refractivity (Wildman–Crippen MR) is 77.9 cm³/mol. The summed E-state index contributed by atoms with van der Waals surface area (Å²) in [6.45, 7) is 7.07. The Bertz CT molecular complexity index is 589. The molecule has 7 nitrogen and oxygen atoms in total. The number of aromatic nitrogens is 2. The third-order valence-electron chi connectivity index (χ3n) is 3.12. The third-order valence-corrected chi connectivity index (χ3v) is 3.12. The number of nitrogens with zero attached hydrogens (tertiary/aromatic N) is 3. The minimum atomic E-state index is -0.539. The lowest BCUT2D eigenvalue weighted by molar-refractivity contribution is 0.0191. The van der Waals surface area contributed by atoms with Gasteiger partial charge in [-0.1, -0.05) is 0 Å². The fourth-order valence-corrected chi connectivity index (χ4v) is 2.19. The molecular formula is C14H22N4O3. The summed E-state index contributed by atoms with van der Waals surface area (Å²) in [5, 5.41) is 0. The summed E-state index contributed by atoms with van der Waals surface area (Å²) in [6.07, 6.45) is 0.169. The van der Waals surface area contributed by atoms with Crippen LogP contribution >= 0.6 is 0 Å². The van der Waals surface area contributed by atoms with E-state index in [0.717, 1.165) is 0 Å². The molecule has 1 aliphatic heterocycles. The van der Waals surface area contributed by atoms with Gasteiger partial charge in [-0.15, -0.1) is 0 Å². The normalized spacial score (nSPS) is 14.8. The van der Waals surface area contributed by atoms with Crippen LogP contribution in [0.15, 0.2) is 10.9 Å². The van der Waals surface area contributed by atoms with Crippen LogP contribution in [-0.2, 0) is 24.2 Å². The van der Waals surface area contributed by atoms with Gasteiger partial charge in [0.2, 0.25) is 0 Å². The van der Waals surface area contributed by atoms with Crippen LogP contribution in [0.4, 0.5) is 4.79 Å². The number of amides is 1. The molecule has 0 aromatic carbocycles. The van der Waals surface area contributed by atoms with Crippen LogP contribution in [0, 0.1) is 0 Å². The van der Waals surface area contributed by atoms with Crippen molar-refractivity contribution in [2.75, 3.05) is 13.1 Å². The average molecular weight is 294 g/mol. The first kappa shape index (κ1) is 15.5. The zero-order chi connectivity index (χ0) is 15.6. The largest absolute Gasteiger partial charge is 0.444 e. The van der Waals surface area contributed by atoms with Crippen LogP contribution in [0.1, 0.15) is 32.3 Å². The van der Waals surface area contributed by atoms with Crippen LogP contribution in [0.2, 0.25) is 0 Å². The molecule has 0 fully saturated rings. The monoisotopic (exact) mass is 294 g/mol. The first-order valence-electron chi connectivity index (χ1n) is 7.08. The predicted octanol–water partition coefficient (Wildman–Crippen LogP) is 0.495. The number of carbonyl (C=O) groups excluding carboxylic acids is 1. The fourth-order valence-electron chi connectivity index (χ4n) is 2.19. The molecule has 0 saturated carbocycles. The van der Waals surface area contributed by atoms with Gasteiger partial charge in [0.05, 0.1) is 6.54 Å². The fraction of sp³-hybridized carbons (Fsp3) is 0.643. The van der Waals surface area contributed by atoms with E-state index in [1.807, 2.05) is 20.8 Å². The smallest absolute Gasteiger partial charge is 0.410 e. The minimum Gasteiger partial charge on any atom is -0.444 e. The molecule has 0 bridgehead atoms. The second-order valence-electron chi connectivity index (χ2n) is 6.09. The number of fused-ring (bicyclic) bond motifs is 1. The molecule has 1 amide bonds. The van der Waals surface area contributed by atoms with Gasteiger partial charge in [0.1, 0.15) is 11.4 Å². The lowest BCUT2D eigenvalue weighted by Gasteiger charge is -2.31. The highest BCUT2D eigenvalue weighted by molar-refractivity contribution is 5.68. The van der Waals surface area contributed by atoms with Crippen LogP contribution in [0.25, 0.3) is 0 Å². The molecule has 21 heavy (non-hydrogen) atoms. The Morgan fingerprint density at radius 2 is 2.14 bits per heavy atom. The van der Waals surface area contributed by atoms with E-state index in [0.29, 0.717) is 37.6 Å². The number of hydrogen-bond donors (Lipinski definition) is 1. The van der Waals surface area contributed by atoms with Crippen LogP contribution in [0.3, 0.4) is 0 Å². The number of carbonyl (C=O) groups is 1. The van der Waals surface area contributed by atoms with Crippen LogP contribution < -0.4 is 11.3 Å². The Kier molecular flexibility index (Phi) is 4.32. The van der Waals surface area contributed by atoms with Gasteiger partial charge >= 0.3 is 6.09 Å². The average Bonchev–Trinajstić information content (AvgIpc) is 2.36. The number of hydrogen-bond acceptors (Lipinski definition) is 5. The van der Waals surface area contributed by atoms with Crippen molar-refractivity contribution in [1.29, 1.82) is 0 Å². The van der Waals surface area contributed by atoms with E-state index in [-0.39, 0.29) is 18.2 Å². The van der Waals surface area contributed by atoms with Crippen LogP contribution in [0.5, 0.6) is 0 Å². The van der Waals surface area contributed by atoms with Gasteiger partial charge in [0, 0.05) is 31.3 Å². The molecule has 0 unspecified atom stereocenters. The number of ether oxygens (including phenoxy) is 1. The number of rotatable bonds is 2. The summed E-state index contributed by atoms with van der Waals surface area (Å²) in [5.74, 6) is 0.586. The molecular weight excluding hydrogens is 272 g/mol. The van der Waals surface area contributed by atoms with Crippen molar-refractivity contribution in [3.63, 3.8) is 0 Å². The van der Waals surface area contributed by atoms with Gasteiger partial charge in [0.15, 0.2) is 0 Å². The molecule has 2 N–H and O–H groups in total. The standard InChI is InChI=1S/C14H22N4O3/c1-14(2,3)21-13(20)17-6-7-18-11(9-17)16-10(4-5-15)8-12(18)19/h8H,4-7,9,15H2,1-3H3. The molecule has 2 heterocycles. The van der Waals surface area contributed by atoms with Gasteiger partial charge in [-0.3, -0.25) is 14.3 Å². The minimum absolute atomic E-state index is 0.0905. The molecule has 1 aromatic rings. The van der Waals surface area contributed by atoms with E-state index in [4.69, 9.17) is 10.5 Å². The van der Waals surface area contributed by atoms with E-state index in [1.54, 1.807) is 9.47 Å². The van der Waals surface area contributed by atoms with Crippen LogP contribution in [-0.4, -0.2) is 39.2 Å². The van der Waals surface area contributed by atoms with Gasteiger partial charge in [-0.25, -0.2) is 9.78 Å². The summed E-state index contributed by atoms with van der Waals surface area (Å²) in [6, 6.07) is 1.51. The molecule has 1 aliphatic rings. The molecule has 0 aliphatic carbocycles. The van der Waals surface area contributed by atoms with E-state index >= 15 is 0 Å². The Balaban J connectivity index is 2.19. The van der Waals surface area contributed by atoms with Crippen molar-refractivity contribution in [2.24, 2.45) is 5.73 Å². The van der Waals surface area contributed by atoms with Gasteiger partial charge in [-0.05, 0) is 27.3 Å². The summed E-state index contributed by atoms with van der Waals surface area (Å²) in [5.41, 5.74) is 5.54. The summed E-state index contributed by atoms with van der Waals surface area (Å²) >= 11 is 0. The molecule has 1 aromatic heterocycles. The maximum absolute atomic E-state index is 12.1. The maximum atomic E-state index is 12.1. The van der Waals surface area contributed by atoms with Gasteiger partial charge in [-0.2, -0.15) is 0 Å². The Labute approximate surface area is 123 Å². The third kappa shape index (κ3) is 3.81. The van der Waals surface area contributed by atoms with E-state index in [2.05, 4.69) is 4.98 Å². The quantitative estimate of drug-likeness (QED) is 0.857. The first-order chi connectivity index (χ1) is 9.80. The summed E-state index contributed by atoms with van der Waals surface area (Å²) in [4.78, 5) is 30.1. The van der Waals surface area contributed by atoms with E-state index in [1.165, 1.54) is 6.07 Å². The van der Waals surface area contributed by atoms with Crippen molar-refractivity contribution in [3.8, 4) is 0 Å². The highest BCUT2D eigenvalue weighted by Crippen LogP contribution is 2.14. The van der Waals surface area contributed by atoms with Crippen molar-refractivity contribution in [3.05, 3.63) is 27.9 Å². The Morgan fingerprint density at radius 1 is 1.43 bits per heavy atom. The summed E-state index contributed by atoms with van der Waals surface area (Å²) < 4.78 is 6.95. The Morgan fingerprint density at radius 3 is 2.76 bits per heavy atom. The van der Waals surface area contributed by atoms with E-state index in [9.17, 15) is 9.59 Å². The van der Waals surface area contributed by atoms with Gasteiger partial charge < -0.3 is 10.5 Å². The van der Waals surface area contributed by atoms with Crippen molar-refractivity contribution in [2.45, 2.75) is 45.9 Å². The van der Waals surface area contributed by atoms with Crippen molar-refractivity contribution >= 4 is 6.09 Å². The molecule has 7 heteroatoms. The Hall–Kier alpha value is -1.89. The zero-order valence-electron chi connectivity index (χ0n) is 12.8. The highest BCUT2D eigenvalue weighted by atomic mass is 16.6. The number of nitrogens with two attached hydrogens (primary N) is 1. The maximum Gasteiger partial charge on any atom is 0.410 e. The topological polar surface area (TPSA) is 90.4 Å². The van der Waals surface area contributed by atoms with Crippen molar-refractivity contribution in [1.82, 2.24) is 14.5 Å². The molecule has 116 valence electrons. The first-order valence-corrected chi connectivity index (χ1v) is 7.08. The lowest BCUT2D eigenvalue weighted by atomic mass is 10.2. The molecule has 0 spiro atoms. The lowest BCUT2D eigenvalue weighted by Crippen LogP contribution is -2.45. The SMILES string of the molecule is CC(C)(C)OC(=O)N1CCn2c(nc(CCN)cc2=O)C1. The molecule has 0 radical (unpaired) electrons. The zero-order valence-corrected chi connectivity index (χ0v) is 12.8. The van der Waals surface area contributed by atoms with Gasteiger partial charge in [0.25, 0.3) is 5.56 Å². The second-order valence-corrected chi connectivity index (χ2v) is 6.09. The molecule has 0 saturated heterocycles.